The Morgan fingerprint density at radius 3 is 2.48 bits per heavy atom. The molecule has 1 amide bonds. The van der Waals surface area contributed by atoms with Crippen LogP contribution >= 0.6 is 11.6 Å². The molecule has 0 aliphatic rings. The zero-order valence-electron chi connectivity index (χ0n) is 15.4. The summed E-state index contributed by atoms with van der Waals surface area (Å²) < 4.78 is 0. The van der Waals surface area contributed by atoms with Crippen molar-refractivity contribution in [3.63, 3.8) is 0 Å². The van der Waals surface area contributed by atoms with Gasteiger partial charge in [0.25, 0.3) is 11.6 Å². The molecule has 0 atom stereocenters. The lowest BCUT2D eigenvalue weighted by atomic mass is 10.1. The van der Waals surface area contributed by atoms with Gasteiger partial charge in [-0.05, 0) is 30.3 Å². The maximum absolute atomic E-state index is 12.1. The SMILES string of the molecule is CN(c1ccccc1)c1ccc(/C=N\NC(=O)c2ccccc2Cl)cc1[N+](=O)[O-]. The molecular weight excluding hydrogens is 392 g/mol. The average molecular weight is 409 g/mol. The fourth-order valence-electron chi connectivity index (χ4n) is 2.71. The molecule has 0 fully saturated rings. The van der Waals surface area contributed by atoms with Gasteiger partial charge in [-0.1, -0.05) is 48.0 Å². The number of amides is 1. The normalized spacial score (nSPS) is 10.7. The van der Waals surface area contributed by atoms with Crippen LogP contribution in [0, 0.1) is 10.1 Å². The second-order valence-electron chi connectivity index (χ2n) is 6.08. The number of carbonyl (C=O) groups excluding carboxylic acids is 1. The van der Waals surface area contributed by atoms with Crippen LogP contribution in [0.2, 0.25) is 5.02 Å². The van der Waals surface area contributed by atoms with Crippen LogP contribution < -0.4 is 10.3 Å². The van der Waals surface area contributed by atoms with Gasteiger partial charge >= 0.3 is 0 Å². The molecule has 146 valence electrons. The number of benzene rings is 3. The molecule has 0 unspecified atom stereocenters. The van der Waals surface area contributed by atoms with Gasteiger partial charge in [-0.15, -0.1) is 0 Å². The first-order chi connectivity index (χ1) is 14.0. The van der Waals surface area contributed by atoms with E-state index in [0.717, 1.165) is 5.69 Å². The molecule has 8 heteroatoms. The third kappa shape index (κ3) is 4.77. The molecule has 0 heterocycles. The molecule has 0 saturated heterocycles. The number of hydrogen-bond donors (Lipinski definition) is 1. The molecule has 3 rings (SSSR count). The second kappa shape index (κ2) is 8.99. The van der Waals surface area contributed by atoms with Crippen LogP contribution in [0.5, 0.6) is 0 Å². The van der Waals surface area contributed by atoms with Crippen LogP contribution in [0.4, 0.5) is 17.1 Å². The quantitative estimate of drug-likeness (QED) is 0.361. The number of para-hydroxylation sites is 1. The maximum atomic E-state index is 12.1. The van der Waals surface area contributed by atoms with E-state index in [0.29, 0.717) is 16.3 Å². The number of hydrogen-bond acceptors (Lipinski definition) is 5. The zero-order chi connectivity index (χ0) is 20.8. The van der Waals surface area contributed by atoms with E-state index >= 15 is 0 Å². The van der Waals surface area contributed by atoms with E-state index in [1.54, 1.807) is 48.3 Å². The van der Waals surface area contributed by atoms with Gasteiger partial charge in [-0.3, -0.25) is 14.9 Å². The van der Waals surface area contributed by atoms with E-state index in [2.05, 4.69) is 10.5 Å². The van der Waals surface area contributed by atoms with Gasteiger partial charge in [0.2, 0.25) is 0 Å². The predicted molar refractivity (Wildman–Crippen MR) is 114 cm³/mol. The number of nitrogens with one attached hydrogen (secondary N) is 1. The van der Waals surface area contributed by atoms with Gasteiger partial charge in [0, 0.05) is 24.4 Å². The third-order valence-electron chi connectivity index (χ3n) is 4.20. The Labute approximate surface area is 172 Å². The lowest BCUT2D eigenvalue weighted by Gasteiger charge is -2.19. The number of halogens is 1. The van der Waals surface area contributed by atoms with Crippen molar-refractivity contribution in [2.24, 2.45) is 5.10 Å². The van der Waals surface area contributed by atoms with Crippen LogP contribution in [0.25, 0.3) is 0 Å². The molecule has 0 aliphatic carbocycles. The number of rotatable bonds is 6. The molecule has 7 nitrogen and oxygen atoms in total. The highest BCUT2D eigenvalue weighted by Gasteiger charge is 2.18. The standard InChI is InChI=1S/C21H17ClN4O3/c1-25(16-7-3-2-4-8-16)19-12-11-15(13-20(19)26(28)29)14-23-24-21(27)17-9-5-6-10-18(17)22/h2-14H,1H3,(H,24,27)/b23-14-. The molecule has 0 bridgehead atoms. The van der Waals surface area contributed by atoms with Crippen molar-refractivity contribution in [2.75, 3.05) is 11.9 Å². The molecule has 3 aromatic rings. The average Bonchev–Trinajstić information content (AvgIpc) is 2.74. The summed E-state index contributed by atoms with van der Waals surface area (Å²) in [4.78, 5) is 25.0. The Kier molecular flexibility index (Phi) is 6.21. The Hall–Kier alpha value is -3.71. The fraction of sp³-hybridized carbons (Fsp3) is 0.0476. The van der Waals surface area contributed by atoms with Crippen molar-refractivity contribution in [3.05, 3.63) is 99.1 Å². The Morgan fingerprint density at radius 2 is 1.79 bits per heavy atom. The second-order valence-corrected chi connectivity index (χ2v) is 6.49. The topological polar surface area (TPSA) is 87.8 Å². The van der Waals surface area contributed by atoms with E-state index in [1.807, 2.05) is 30.3 Å². The minimum atomic E-state index is -0.471. The number of anilines is 2. The van der Waals surface area contributed by atoms with Crippen LogP contribution in [-0.4, -0.2) is 24.1 Å². The summed E-state index contributed by atoms with van der Waals surface area (Å²) in [7, 11) is 1.76. The Balaban J connectivity index is 1.80. The first-order valence-corrected chi connectivity index (χ1v) is 9.00. The van der Waals surface area contributed by atoms with Crippen molar-refractivity contribution in [1.29, 1.82) is 0 Å². The highest BCUT2D eigenvalue weighted by Crippen LogP contribution is 2.32. The number of nitro benzene ring substituents is 1. The molecule has 0 saturated carbocycles. The van der Waals surface area contributed by atoms with Crippen LogP contribution in [0.15, 0.2) is 77.9 Å². The monoisotopic (exact) mass is 408 g/mol. The molecule has 0 aromatic heterocycles. The zero-order valence-corrected chi connectivity index (χ0v) is 16.2. The molecule has 0 aliphatic heterocycles. The molecule has 29 heavy (non-hydrogen) atoms. The summed E-state index contributed by atoms with van der Waals surface area (Å²) in [5, 5.41) is 15.7. The smallest absolute Gasteiger partial charge is 0.293 e. The highest BCUT2D eigenvalue weighted by molar-refractivity contribution is 6.33. The van der Waals surface area contributed by atoms with E-state index in [4.69, 9.17) is 11.6 Å². The maximum Gasteiger partial charge on any atom is 0.293 e. The minimum absolute atomic E-state index is 0.0715. The van der Waals surface area contributed by atoms with Gasteiger partial charge in [0.15, 0.2) is 0 Å². The minimum Gasteiger partial charge on any atom is -0.339 e. The van der Waals surface area contributed by atoms with Crippen LogP contribution in [0.3, 0.4) is 0 Å². The van der Waals surface area contributed by atoms with Crippen molar-refractivity contribution in [2.45, 2.75) is 0 Å². The van der Waals surface area contributed by atoms with Gasteiger partial charge < -0.3 is 4.90 Å². The van der Waals surface area contributed by atoms with Gasteiger partial charge in [0.1, 0.15) is 5.69 Å². The lowest BCUT2D eigenvalue weighted by Crippen LogP contribution is -2.18. The molecule has 0 spiro atoms. The summed E-state index contributed by atoms with van der Waals surface area (Å²) >= 11 is 5.98. The van der Waals surface area contributed by atoms with Gasteiger partial charge in [0.05, 0.1) is 21.7 Å². The molecule has 3 aromatic carbocycles. The first kappa shape index (κ1) is 20.0. The molecular formula is C21H17ClN4O3. The van der Waals surface area contributed by atoms with Gasteiger partial charge in [-0.2, -0.15) is 5.10 Å². The number of nitro groups is 1. The number of carbonyl (C=O) groups is 1. The predicted octanol–water partition coefficient (Wildman–Crippen LogP) is 4.78. The van der Waals surface area contributed by atoms with Crippen LogP contribution in [-0.2, 0) is 0 Å². The van der Waals surface area contributed by atoms with E-state index < -0.39 is 10.8 Å². The summed E-state index contributed by atoms with van der Waals surface area (Å²) in [5.41, 5.74) is 4.32. The fourth-order valence-corrected chi connectivity index (χ4v) is 2.93. The summed E-state index contributed by atoms with van der Waals surface area (Å²) in [6.45, 7) is 0. The summed E-state index contributed by atoms with van der Waals surface area (Å²) in [6, 6.07) is 20.6. The van der Waals surface area contributed by atoms with Gasteiger partial charge in [-0.25, -0.2) is 5.43 Å². The van der Waals surface area contributed by atoms with Crippen molar-refractivity contribution >= 4 is 40.8 Å². The molecule has 0 radical (unpaired) electrons. The highest BCUT2D eigenvalue weighted by atomic mass is 35.5. The summed E-state index contributed by atoms with van der Waals surface area (Å²) in [6.07, 6.45) is 1.34. The number of hydrazone groups is 1. The Bertz CT molecular complexity index is 1070. The lowest BCUT2D eigenvalue weighted by molar-refractivity contribution is -0.384. The first-order valence-electron chi connectivity index (χ1n) is 8.62. The van der Waals surface area contributed by atoms with Crippen LogP contribution in [0.1, 0.15) is 15.9 Å². The third-order valence-corrected chi connectivity index (χ3v) is 4.53. The van der Waals surface area contributed by atoms with E-state index in [9.17, 15) is 14.9 Å². The Morgan fingerprint density at radius 1 is 1.10 bits per heavy atom. The van der Waals surface area contributed by atoms with Crippen molar-refractivity contribution < 1.29 is 9.72 Å². The largest absolute Gasteiger partial charge is 0.339 e. The van der Waals surface area contributed by atoms with E-state index in [1.165, 1.54) is 12.3 Å². The number of nitrogens with zero attached hydrogens (tertiary/aromatic N) is 3. The van der Waals surface area contributed by atoms with E-state index in [-0.39, 0.29) is 11.3 Å². The van der Waals surface area contributed by atoms with Crippen molar-refractivity contribution in [1.82, 2.24) is 5.43 Å². The van der Waals surface area contributed by atoms with Crippen molar-refractivity contribution in [3.8, 4) is 0 Å². The molecule has 1 N–H and O–H groups in total. The summed E-state index contributed by atoms with van der Waals surface area (Å²) in [5.74, 6) is -0.471.